The molecule has 0 saturated carbocycles. The Bertz CT molecular complexity index is 6180. The molecule has 0 radical (unpaired) electrons. The van der Waals surface area contributed by atoms with Gasteiger partial charge in [-0.15, -0.1) is 0 Å². The number of hydrogen-bond donors (Lipinski definition) is 1. The normalized spacial score (nSPS) is 16.8. The van der Waals surface area contributed by atoms with Crippen LogP contribution in [0, 0.1) is 22.7 Å². The zero-order valence-electron chi connectivity index (χ0n) is 57.7. The number of nitriles is 2. The molecule has 2 atom stereocenters. The van der Waals surface area contributed by atoms with Crippen LogP contribution >= 0.6 is 46.4 Å². The molecule has 18 nitrogen and oxygen atoms in total. The molecule has 108 heavy (non-hydrogen) atoms. The third-order valence-corrected chi connectivity index (χ3v) is 21.6. The highest BCUT2D eigenvalue weighted by Gasteiger charge is 2.45. The zero-order chi connectivity index (χ0) is 75.2. The molecule has 2 unspecified atom stereocenters. The highest BCUT2D eigenvalue weighted by Crippen LogP contribution is 2.44. The maximum Gasteiger partial charge on any atom is 0.343 e. The van der Waals surface area contributed by atoms with E-state index in [9.17, 15) is 39.3 Å². The molecule has 0 spiro atoms. The average molecular weight is 1490 g/mol. The van der Waals surface area contributed by atoms with E-state index < -0.39 is 60.2 Å². The van der Waals surface area contributed by atoms with Gasteiger partial charge in [-0.2, -0.15) is 10.5 Å². The van der Waals surface area contributed by atoms with E-state index in [1.165, 1.54) is 56.7 Å². The number of carbonyl (C=O) groups is 6. The van der Waals surface area contributed by atoms with Gasteiger partial charge in [0.1, 0.15) is 34.4 Å². The third-order valence-electron chi connectivity index (χ3n) is 20.2. The number of aromatic nitrogens is 4. The molecule has 3 aromatic heterocycles. The van der Waals surface area contributed by atoms with Crippen LogP contribution in [0.1, 0.15) is 93.8 Å². The van der Waals surface area contributed by atoms with Crippen molar-refractivity contribution in [3.8, 4) is 29.1 Å². The minimum Gasteiger partial charge on any atom is -0.423 e. The molecule has 9 aromatic carbocycles. The molecule has 0 saturated heterocycles. The van der Waals surface area contributed by atoms with Gasteiger partial charge in [0.05, 0.1) is 104 Å². The number of rotatable bonds is 14. The molecule has 0 bridgehead atoms. The minimum atomic E-state index is -1.54. The number of carbonyl (C=O) groups excluding carboxylic acids is 6. The Morgan fingerprint density at radius 2 is 1.06 bits per heavy atom. The van der Waals surface area contributed by atoms with E-state index in [0.29, 0.717) is 60.8 Å². The summed E-state index contributed by atoms with van der Waals surface area (Å²) in [4.78, 5) is 98.5. The van der Waals surface area contributed by atoms with Crippen LogP contribution in [-0.2, 0) is 10.2 Å². The minimum absolute atomic E-state index is 0.0182. The molecule has 6 heterocycles. The van der Waals surface area contributed by atoms with Gasteiger partial charge in [0.2, 0.25) is 0 Å². The average Bonchev–Trinajstić information content (AvgIpc) is 1.51. The molecular formula is C84H54B2Cl4N10O8. The first-order valence-corrected chi connectivity index (χ1v) is 35.6. The Hall–Kier alpha value is -12.7. The second-order valence-corrected chi connectivity index (χ2v) is 28.5. The van der Waals surface area contributed by atoms with Crippen molar-refractivity contribution < 1.29 is 38.2 Å². The Morgan fingerprint density at radius 1 is 0.556 bits per heavy atom. The number of fused-ring (bicyclic) bond motifs is 5. The number of nitrogens with one attached hydrogen (secondary N) is 1. The van der Waals surface area contributed by atoms with E-state index in [1.807, 2.05) is 141 Å². The third kappa shape index (κ3) is 11.8. The summed E-state index contributed by atoms with van der Waals surface area (Å²) in [6.07, 6.45) is 8.69. The van der Waals surface area contributed by atoms with Crippen molar-refractivity contribution in [2.75, 3.05) is 19.4 Å². The summed E-state index contributed by atoms with van der Waals surface area (Å²) in [6, 6.07) is 66.4. The molecule has 16 rings (SSSR count). The number of imide groups is 2. The van der Waals surface area contributed by atoms with Crippen molar-refractivity contribution in [3.63, 3.8) is 0 Å². The van der Waals surface area contributed by atoms with E-state index in [2.05, 4.69) is 26.4 Å². The Morgan fingerprint density at radius 3 is 1.57 bits per heavy atom. The number of allylic oxidation sites excluding steroid dienone is 3. The molecule has 24 heteroatoms. The number of amides is 4. The number of esters is 2. The lowest BCUT2D eigenvalue weighted by Crippen LogP contribution is -2.56. The Kier molecular flexibility index (Phi) is 17.6. The fourth-order valence-corrected chi connectivity index (χ4v) is 15.5. The molecule has 4 aliphatic rings. The fourth-order valence-electron chi connectivity index (χ4n) is 14.9. The van der Waals surface area contributed by atoms with E-state index in [0.717, 1.165) is 31.7 Å². The number of nitrogens with zero attached hydrogens (tertiary/aromatic N) is 9. The summed E-state index contributed by atoms with van der Waals surface area (Å²) in [5.41, 5.74) is 4.11. The first-order valence-electron chi connectivity index (χ1n) is 34.0. The van der Waals surface area contributed by atoms with Gasteiger partial charge >= 0.3 is 25.6 Å². The molecule has 0 fully saturated rings. The van der Waals surface area contributed by atoms with Gasteiger partial charge in [0.15, 0.2) is 0 Å². The summed E-state index contributed by atoms with van der Waals surface area (Å²) in [5.74, 6) is -3.47. The van der Waals surface area contributed by atoms with Gasteiger partial charge in [-0.3, -0.25) is 39.0 Å². The zero-order valence-corrected chi connectivity index (χ0v) is 60.7. The maximum atomic E-state index is 14.4. The van der Waals surface area contributed by atoms with E-state index >= 15 is 0 Å². The van der Waals surface area contributed by atoms with Crippen molar-refractivity contribution >= 4 is 168 Å². The van der Waals surface area contributed by atoms with E-state index in [4.69, 9.17) is 70.8 Å². The number of anilines is 1. The molecule has 1 N–H and O–H groups in total. The van der Waals surface area contributed by atoms with Crippen LogP contribution in [0.25, 0.3) is 44.2 Å². The molecule has 4 amide bonds. The highest BCUT2D eigenvalue weighted by atomic mass is 35.5. The lowest BCUT2D eigenvalue weighted by Gasteiger charge is -2.34. The van der Waals surface area contributed by atoms with Crippen LogP contribution in [0.15, 0.2) is 241 Å². The van der Waals surface area contributed by atoms with Gasteiger partial charge in [-0.1, -0.05) is 203 Å². The van der Waals surface area contributed by atoms with Gasteiger partial charge in [0.25, 0.3) is 23.6 Å². The Labute approximate surface area is 638 Å². The van der Waals surface area contributed by atoms with Crippen molar-refractivity contribution in [1.82, 2.24) is 28.7 Å². The highest BCUT2D eigenvalue weighted by molar-refractivity contribution is 6.85. The number of benzene rings is 9. The second-order valence-electron chi connectivity index (χ2n) is 26.9. The monoisotopic (exact) mass is 1490 g/mol. The molecule has 522 valence electrons. The van der Waals surface area contributed by atoms with Crippen LogP contribution in [0.4, 0.5) is 11.4 Å². The lowest BCUT2D eigenvalue weighted by molar-refractivity contribution is 0.0630. The molecule has 1 aliphatic carbocycles. The molecule has 3 aliphatic heterocycles. The number of aliphatic imine (C=N–C) groups is 1. The van der Waals surface area contributed by atoms with Gasteiger partial charge in [-0.25, -0.2) is 14.6 Å². The number of hydrogen-bond acceptors (Lipinski definition) is 14. The lowest BCUT2D eigenvalue weighted by atomic mass is 9.49. The largest absolute Gasteiger partial charge is 0.423 e. The van der Waals surface area contributed by atoms with Crippen molar-refractivity contribution in [3.05, 3.63) is 312 Å². The van der Waals surface area contributed by atoms with E-state index in [1.54, 1.807) is 66.9 Å². The van der Waals surface area contributed by atoms with Crippen LogP contribution < -0.4 is 42.6 Å². The van der Waals surface area contributed by atoms with Crippen molar-refractivity contribution in [2.45, 2.75) is 31.2 Å². The van der Waals surface area contributed by atoms with Gasteiger partial charge in [-0.05, 0) is 116 Å². The van der Waals surface area contributed by atoms with Crippen molar-refractivity contribution in [2.24, 2.45) is 4.99 Å². The van der Waals surface area contributed by atoms with E-state index in [-0.39, 0.29) is 88.2 Å². The van der Waals surface area contributed by atoms with Gasteiger partial charge < -0.3 is 23.7 Å². The molecule has 12 aromatic rings. The quantitative estimate of drug-likeness (QED) is 0.0462. The van der Waals surface area contributed by atoms with Crippen LogP contribution in [0.2, 0.25) is 20.1 Å². The summed E-state index contributed by atoms with van der Waals surface area (Å²) < 4.78 is 16.7. The smallest absolute Gasteiger partial charge is 0.343 e. The number of ether oxygens (including phenoxy) is 2. The topological polar surface area (TPSA) is 235 Å². The second kappa shape index (κ2) is 27.3. The number of halogens is 4. The summed E-state index contributed by atoms with van der Waals surface area (Å²) in [6.45, 7) is 2.17. The SMILES string of the molecule is CN1C(=O)c2ccc(C(=O)OC3=CCC(C)(c4c5/c(=C(\C#N)C6(C)C=Nc7cc(Cl)c(Cl)cc7N6)n(B(c6ccccc6)c6ccccc6)c(-c6ccc(OC(=O)c7ccc8c(c7)C(=O)N(C)C8=O)cc6)c5/c(=C(\C#N)c5cnc6cc(Cl)c(Cl)cc6n5)n4B(c4ccccc4)c4ccccc4)C=C3)cc2C1=O. The van der Waals surface area contributed by atoms with Crippen LogP contribution in [0.3, 0.4) is 0 Å². The van der Waals surface area contributed by atoms with Gasteiger partial charge in [0, 0.05) is 47.9 Å². The first kappa shape index (κ1) is 69.7. The summed E-state index contributed by atoms with van der Waals surface area (Å²) in [7, 11) is 2.75. The van der Waals surface area contributed by atoms with Crippen molar-refractivity contribution in [1.29, 1.82) is 10.5 Å². The fraction of sp³-hybridized carbons (Fsp3) is 0.0833. The summed E-state index contributed by atoms with van der Waals surface area (Å²) in [5, 5.41) is 31.7. The predicted octanol–water partition coefficient (Wildman–Crippen LogP) is 12.6. The predicted molar refractivity (Wildman–Crippen MR) is 420 cm³/mol. The van der Waals surface area contributed by atoms with Crippen LogP contribution in [0.5, 0.6) is 5.75 Å². The standard InChI is InChI=1S/C84H54B2Cl4N10O8/c1-83(35-33-55(34-36-83)108-82(106)49-28-32-57-59(38-49)80(104)98(4)78(57)102)76-72-71(74(60(43-91)70-45-93-66-39-62(87)64(89)41-68(66)95-70)100(76)86(52-21-13-7-14-22-52)53-23-15-8-16-24-53)73(47-25-29-54(30-26-47)107-81(105)48-27-31-56-58(37-48)79(103)97(3)77(56)101)99(85(50-17-9-5-10-18-50)51-19-11-6-12-20-51)75(72)61(44-92)84(2)46-94-67-40-63(88)65(90)42-69(67)96-84/h5-35,37-42,45-46,96H,36H2,1-4H3/b74-60-,75-61-. The Balaban J connectivity index is 1.07. The first-order chi connectivity index (χ1) is 52.1. The summed E-state index contributed by atoms with van der Waals surface area (Å²) >= 11 is 27.1. The molecular weight excluding hydrogens is 1440 g/mol. The van der Waals surface area contributed by atoms with Crippen LogP contribution in [-0.4, -0.2) is 104 Å². The maximum absolute atomic E-state index is 14.4.